The summed E-state index contributed by atoms with van der Waals surface area (Å²) < 4.78 is 0. The Kier molecular flexibility index (Phi) is 4.49. The van der Waals surface area contributed by atoms with Crippen molar-refractivity contribution in [2.75, 3.05) is 5.32 Å². The molecule has 0 spiro atoms. The molecule has 0 bridgehead atoms. The van der Waals surface area contributed by atoms with Crippen molar-refractivity contribution in [1.82, 2.24) is 15.0 Å². The molecule has 116 valence electrons. The molecular weight excluding hydrogens is 334 g/mol. The highest BCUT2D eigenvalue weighted by atomic mass is 32.2. The van der Waals surface area contributed by atoms with Crippen LogP contribution in [0.4, 0.5) is 16.6 Å². The van der Waals surface area contributed by atoms with Crippen molar-refractivity contribution in [2.24, 2.45) is 0 Å². The average molecular weight is 345 g/mol. The van der Waals surface area contributed by atoms with Gasteiger partial charge in [0.25, 0.3) is 0 Å². The van der Waals surface area contributed by atoms with Crippen LogP contribution >= 0.6 is 23.1 Å². The van der Waals surface area contributed by atoms with E-state index >= 15 is 0 Å². The molecular formula is C14H11N5O2S2. The first-order valence-electron chi connectivity index (χ1n) is 6.54. The Morgan fingerprint density at radius 1 is 1.22 bits per heavy atom. The fourth-order valence-corrected chi connectivity index (χ4v) is 3.19. The van der Waals surface area contributed by atoms with Crippen LogP contribution in [0.1, 0.15) is 5.56 Å². The van der Waals surface area contributed by atoms with Crippen molar-refractivity contribution in [1.29, 1.82) is 0 Å². The monoisotopic (exact) mass is 345 g/mol. The van der Waals surface area contributed by atoms with Crippen LogP contribution in [0.15, 0.2) is 52.1 Å². The smallest absolute Gasteiger partial charge is 0.310 e. The molecule has 0 atom stereocenters. The summed E-state index contributed by atoms with van der Waals surface area (Å²) in [5.74, 6) is 0.134. The lowest BCUT2D eigenvalue weighted by Gasteiger charge is -2.06. The first-order valence-corrected chi connectivity index (χ1v) is 8.23. The van der Waals surface area contributed by atoms with Gasteiger partial charge in [-0.2, -0.15) is 0 Å². The second-order valence-corrected chi connectivity index (χ2v) is 6.47. The number of aromatic nitrogens is 3. The van der Waals surface area contributed by atoms with Gasteiger partial charge in [0.05, 0.1) is 4.92 Å². The number of rotatable bonds is 5. The van der Waals surface area contributed by atoms with Gasteiger partial charge >= 0.3 is 5.69 Å². The third kappa shape index (κ3) is 3.63. The van der Waals surface area contributed by atoms with Crippen molar-refractivity contribution < 1.29 is 4.92 Å². The van der Waals surface area contributed by atoms with E-state index in [-0.39, 0.29) is 16.5 Å². The van der Waals surface area contributed by atoms with E-state index in [0.717, 1.165) is 10.5 Å². The SMILES string of the molecule is Cc1ccc(Sc2ncnc(Nc3nccs3)c2[N+](=O)[O-])cc1. The van der Waals surface area contributed by atoms with Gasteiger partial charge in [0.2, 0.25) is 5.82 Å². The van der Waals surface area contributed by atoms with Crippen molar-refractivity contribution in [3.63, 3.8) is 0 Å². The summed E-state index contributed by atoms with van der Waals surface area (Å²) in [5.41, 5.74) is 0.964. The molecule has 23 heavy (non-hydrogen) atoms. The van der Waals surface area contributed by atoms with Gasteiger partial charge in [-0.3, -0.25) is 10.1 Å². The zero-order valence-corrected chi connectivity index (χ0v) is 13.6. The summed E-state index contributed by atoms with van der Waals surface area (Å²) in [7, 11) is 0. The maximum absolute atomic E-state index is 11.5. The minimum atomic E-state index is -0.480. The number of hydrogen-bond acceptors (Lipinski definition) is 8. The third-order valence-electron chi connectivity index (χ3n) is 2.86. The molecule has 0 radical (unpaired) electrons. The number of benzene rings is 1. The van der Waals surface area contributed by atoms with Crippen LogP contribution in [0.25, 0.3) is 0 Å². The van der Waals surface area contributed by atoms with Crippen LogP contribution in [0.3, 0.4) is 0 Å². The normalized spacial score (nSPS) is 10.5. The molecule has 0 aliphatic carbocycles. The second-order valence-electron chi connectivity index (χ2n) is 4.51. The van der Waals surface area contributed by atoms with E-state index < -0.39 is 4.92 Å². The number of nitrogens with one attached hydrogen (secondary N) is 1. The summed E-state index contributed by atoms with van der Waals surface area (Å²) >= 11 is 2.57. The van der Waals surface area contributed by atoms with E-state index in [1.54, 1.807) is 11.6 Å². The zero-order chi connectivity index (χ0) is 16.2. The van der Waals surface area contributed by atoms with Gasteiger partial charge in [0.15, 0.2) is 10.2 Å². The second kappa shape index (κ2) is 6.71. The van der Waals surface area contributed by atoms with Gasteiger partial charge in [0, 0.05) is 16.5 Å². The summed E-state index contributed by atoms with van der Waals surface area (Å²) in [6, 6.07) is 7.70. The molecule has 9 heteroatoms. The molecule has 3 rings (SSSR count). The Morgan fingerprint density at radius 2 is 2.00 bits per heavy atom. The maximum Gasteiger partial charge on any atom is 0.344 e. The number of thiazole rings is 1. The van der Waals surface area contributed by atoms with E-state index in [2.05, 4.69) is 20.3 Å². The molecule has 0 unspecified atom stereocenters. The number of anilines is 2. The molecule has 2 heterocycles. The zero-order valence-electron chi connectivity index (χ0n) is 12.0. The summed E-state index contributed by atoms with van der Waals surface area (Å²) in [5, 5.41) is 16.9. The molecule has 2 aromatic heterocycles. The molecule has 0 amide bonds. The third-order valence-corrected chi connectivity index (χ3v) is 4.55. The number of hydrogen-bond donors (Lipinski definition) is 1. The Hall–Kier alpha value is -2.52. The minimum Gasteiger partial charge on any atom is -0.310 e. The van der Waals surface area contributed by atoms with E-state index in [9.17, 15) is 10.1 Å². The lowest BCUT2D eigenvalue weighted by Crippen LogP contribution is -2.02. The first-order chi connectivity index (χ1) is 11.1. The molecule has 0 fully saturated rings. The van der Waals surface area contributed by atoms with Crippen LogP contribution in [0, 0.1) is 17.0 Å². The Morgan fingerprint density at radius 3 is 2.65 bits per heavy atom. The van der Waals surface area contributed by atoms with Crippen LogP contribution in [0.2, 0.25) is 0 Å². The van der Waals surface area contributed by atoms with E-state index in [0.29, 0.717) is 5.13 Å². The van der Waals surface area contributed by atoms with Crippen LogP contribution in [-0.2, 0) is 0 Å². The fourth-order valence-electron chi connectivity index (χ4n) is 1.80. The van der Waals surface area contributed by atoms with E-state index in [1.807, 2.05) is 31.2 Å². The highest BCUT2D eigenvalue weighted by Gasteiger charge is 2.24. The van der Waals surface area contributed by atoms with Gasteiger partial charge in [0.1, 0.15) is 6.33 Å². The standard InChI is InChI=1S/C14H11N5O2S2/c1-9-2-4-10(5-3-9)23-13-11(19(20)21)12(16-8-17-13)18-14-15-6-7-22-14/h2-8H,1H3,(H,15,16,17,18). The summed E-state index contributed by atoms with van der Waals surface area (Å²) in [4.78, 5) is 24.0. The molecule has 0 aliphatic heterocycles. The molecule has 0 saturated carbocycles. The largest absolute Gasteiger partial charge is 0.344 e. The van der Waals surface area contributed by atoms with E-state index in [1.165, 1.54) is 29.4 Å². The first kappa shape index (κ1) is 15.4. The topological polar surface area (TPSA) is 93.8 Å². The summed E-state index contributed by atoms with van der Waals surface area (Å²) in [6.45, 7) is 1.98. The molecule has 0 aliphatic rings. The van der Waals surface area contributed by atoms with Crippen molar-refractivity contribution in [2.45, 2.75) is 16.8 Å². The Bertz CT molecular complexity index is 822. The highest BCUT2D eigenvalue weighted by molar-refractivity contribution is 7.99. The Balaban J connectivity index is 1.96. The van der Waals surface area contributed by atoms with Gasteiger partial charge < -0.3 is 5.32 Å². The van der Waals surface area contributed by atoms with Crippen LogP contribution in [-0.4, -0.2) is 19.9 Å². The fraction of sp³-hybridized carbons (Fsp3) is 0.0714. The van der Waals surface area contributed by atoms with Crippen molar-refractivity contribution >= 4 is 39.7 Å². The van der Waals surface area contributed by atoms with Gasteiger partial charge in [-0.1, -0.05) is 29.5 Å². The minimum absolute atomic E-state index is 0.134. The van der Waals surface area contributed by atoms with E-state index in [4.69, 9.17) is 0 Å². The molecule has 7 nitrogen and oxygen atoms in total. The molecule has 1 N–H and O–H groups in total. The van der Waals surface area contributed by atoms with Crippen molar-refractivity contribution in [3.8, 4) is 0 Å². The number of aryl methyl sites for hydroxylation is 1. The molecule has 3 aromatic rings. The lowest BCUT2D eigenvalue weighted by molar-refractivity contribution is -0.387. The average Bonchev–Trinajstić information content (AvgIpc) is 3.02. The van der Waals surface area contributed by atoms with Crippen LogP contribution in [0.5, 0.6) is 0 Å². The summed E-state index contributed by atoms with van der Waals surface area (Å²) in [6.07, 6.45) is 2.92. The van der Waals surface area contributed by atoms with Gasteiger partial charge in [-0.25, -0.2) is 15.0 Å². The van der Waals surface area contributed by atoms with Gasteiger partial charge in [-0.15, -0.1) is 11.3 Å². The quantitative estimate of drug-likeness (QED) is 0.423. The van der Waals surface area contributed by atoms with Crippen molar-refractivity contribution in [3.05, 3.63) is 57.8 Å². The highest BCUT2D eigenvalue weighted by Crippen LogP contribution is 2.37. The number of nitro groups is 1. The van der Waals surface area contributed by atoms with Gasteiger partial charge in [-0.05, 0) is 19.1 Å². The maximum atomic E-state index is 11.5. The molecule has 1 aromatic carbocycles. The molecule has 0 saturated heterocycles. The van der Waals surface area contributed by atoms with Crippen LogP contribution < -0.4 is 5.32 Å². The predicted octanol–water partition coefficient (Wildman–Crippen LogP) is 4.04. The number of nitrogens with zero attached hydrogens (tertiary/aromatic N) is 4. The Labute approximate surface area is 140 Å². The predicted molar refractivity (Wildman–Crippen MR) is 89.4 cm³/mol. The lowest BCUT2D eigenvalue weighted by atomic mass is 10.2.